The highest BCUT2D eigenvalue weighted by Crippen LogP contribution is 2.16. The number of piperidine rings is 1. The number of nitrogens with zero attached hydrogens (tertiary/aromatic N) is 3. The lowest BCUT2D eigenvalue weighted by Gasteiger charge is -2.27. The smallest absolute Gasteiger partial charge is 0.254 e. The predicted octanol–water partition coefficient (Wildman–Crippen LogP) is 2.30. The normalized spacial score (nSPS) is 14.9. The van der Waals surface area contributed by atoms with Gasteiger partial charge in [0, 0.05) is 18.8 Å². The van der Waals surface area contributed by atoms with Crippen molar-refractivity contribution in [3.8, 4) is 0 Å². The summed E-state index contributed by atoms with van der Waals surface area (Å²) in [7, 11) is 0. The van der Waals surface area contributed by atoms with Crippen molar-refractivity contribution in [2.75, 3.05) is 18.0 Å². The fourth-order valence-electron chi connectivity index (χ4n) is 2.61. The number of furan rings is 1. The van der Waals surface area contributed by atoms with E-state index in [9.17, 15) is 4.79 Å². The van der Waals surface area contributed by atoms with Crippen LogP contribution < -0.4 is 10.2 Å². The minimum atomic E-state index is -0.162. The second-order valence-electron chi connectivity index (χ2n) is 5.54. The molecule has 22 heavy (non-hydrogen) atoms. The van der Waals surface area contributed by atoms with Gasteiger partial charge in [0.05, 0.1) is 24.1 Å². The van der Waals surface area contributed by atoms with Crippen LogP contribution in [-0.4, -0.2) is 29.0 Å². The summed E-state index contributed by atoms with van der Waals surface area (Å²) in [5.41, 5.74) is 2.26. The molecule has 6 heteroatoms. The number of aromatic nitrogens is 2. The highest BCUT2D eigenvalue weighted by molar-refractivity contribution is 5.93. The van der Waals surface area contributed by atoms with Gasteiger partial charge in [-0.2, -0.15) is 0 Å². The largest absolute Gasteiger partial charge is 0.472 e. The Labute approximate surface area is 129 Å². The second-order valence-corrected chi connectivity index (χ2v) is 5.54. The fourth-order valence-corrected chi connectivity index (χ4v) is 2.61. The third-order valence-corrected chi connectivity index (χ3v) is 3.75. The zero-order valence-electron chi connectivity index (χ0n) is 12.7. The van der Waals surface area contributed by atoms with Gasteiger partial charge in [0.1, 0.15) is 6.26 Å². The molecule has 0 aromatic carbocycles. The number of rotatable bonds is 4. The van der Waals surface area contributed by atoms with Gasteiger partial charge in [-0.15, -0.1) is 0 Å². The van der Waals surface area contributed by atoms with Crippen molar-refractivity contribution in [3.63, 3.8) is 0 Å². The quantitative estimate of drug-likeness (QED) is 0.938. The Morgan fingerprint density at radius 2 is 2.14 bits per heavy atom. The average molecular weight is 300 g/mol. The van der Waals surface area contributed by atoms with Crippen LogP contribution in [0.5, 0.6) is 0 Å². The summed E-state index contributed by atoms with van der Waals surface area (Å²) in [6, 6.07) is 3.54. The molecular weight excluding hydrogens is 280 g/mol. The van der Waals surface area contributed by atoms with Crippen molar-refractivity contribution in [1.29, 1.82) is 0 Å². The van der Waals surface area contributed by atoms with Crippen molar-refractivity contribution in [2.24, 2.45) is 0 Å². The summed E-state index contributed by atoms with van der Waals surface area (Å²) < 4.78 is 4.91. The Morgan fingerprint density at radius 1 is 1.32 bits per heavy atom. The molecule has 0 atom stereocenters. The van der Waals surface area contributed by atoms with E-state index in [1.165, 1.54) is 31.8 Å². The Hall–Kier alpha value is -2.37. The summed E-state index contributed by atoms with van der Waals surface area (Å²) >= 11 is 0. The van der Waals surface area contributed by atoms with Crippen LogP contribution in [-0.2, 0) is 6.54 Å². The third kappa shape index (κ3) is 3.44. The molecule has 2 aromatic rings. The number of carbonyl (C=O) groups is 1. The van der Waals surface area contributed by atoms with Crippen LogP contribution in [0, 0.1) is 6.92 Å². The van der Waals surface area contributed by atoms with E-state index in [0.717, 1.165) is 30.4 Å². The Kier molecular flexibility index (Phi) is 4.37. The maximum absolute atomic E-state index is 11.9. The molecule has 1 saturated heterocycles. The van der Waals surface area contributed by atoms with Gasteiger partial charge in [-0.25, -0.2) is 9.97 Å². The number of anilines is 1. The van der Waals surface area contributed by atoms with Crippen molar-refractivity contribution in [3.05, 3.63) is 41.6 Å². The molecule has 3 heterocycles. The van der Waals surface area contributed by atoms with Crippen LogP contribution in [0.25, 0.3) is 0 Å². The van der Waals surface area contributed by atoms with Gasteiger partial charge in [0.2, 0.25) is 5.95 Å². The minimum Gasteiger partial charge on any atom is -0.472 e. The van der Waals surface area contributed by atoms with Gasteiger partial charge in [0.15, 0.2) is 0 Å². The van der Waals surface area contributed by atoms with Crippen LogP contribution in [0.1, 0.15) is 41.0 Å². The van der Waals surface area contributed by atoms with Crippen LogP contribution in [0.2, 0.25) is 0 Å². The molecule has 0 unspecified atom stereocenters. The lowest BCUT2D eigenvalue weighted by Crippen LogP contribution is -2.31. The summed E-state index contributed by atoms with van der Waals surface area (Å²) in [6.45, 7) is 4.35. The molecule has 2 aromatic heterocycles. The van der Waals surface area contributed by atoms with Gasteiger partial charge >= 0.3 is 0 Å². The first kappa shape index (κ1) is 14.6. The molecule has 1 aliphatic heterocycles. The standard InChI is InChI=1S/C16H20N4O2/c1-12-9-14(10-17-15(21)13-5-8-22-11-13)19-16(18-12)20-6-3-2-4-7-20/h5,8-9,11H,2-4,6-7,10H2,1H3,(H,17,21). The molecule has 6 nitrogen and oxygen atoms in total. The maximum atomic E-state index is 11.9. The van der Waals surface area contributed by atoms with Crippen molar-refractivity contribution in [1.82, 2.24) is 15.3 Å². The summed E-state index contributed by atoms with van der Waals surface area (Å²) in [5, 5.41) is 2.85. The predicted molar refractivity (Wildman–Crippen MR) is 82.7 cm³/mol. The fraction of sp³-hybridized carbons (Fsp3) is 0.438. The van der Waals surface area contributed by atoms with E-state index >= 15 is 0 Å². The van der Waals surface area contributed by atoms with Gasteiger partial charge < -0.3 is 14.6 Å². The summed E-state index contributed by atoms with van der Waals surface area (Å²) in [6.07, 6.45) is 6.56. The van der Waals surface area contributed by atoms with Gasteiger partial charge in [-0.05, 0) is 38.3 Å². The van der Waals surface area contributed by atoms with E-state index in [2.05, 4.69) is 20.2 Å². The van der Waals surface area contributed by atoms with Crippen LogP contribution in [0.3, 0.4) is 0 Å². The molecule has 0 saturated carbocycles. The first-order valence-corrected chi connectivity index (χ1v) is 7.62. The molecule has 0 bridgehead atoms. The SMILES string of the molecule is Cc1cc(CNC(=O)c2ccoc2)nc(N2CCCCC2)n1. The van der Waals surface area contributed by atoms with Crippen LogP contribution in [0.4, 0.5) is 5.95 Å². The highest BCUT2D eigenvalue weighted by Gasteiger charge is 2.15. The topological polar surface area (TPSA) is 71.3 Å². The van der Waals surface area contributed by atoms with Gasteiger partial charge in [-0.3, -0.25) is 4.79 Å². The number of hydrogen-bond donors (Lipinski definition) is 1. The molecule has 1 aliphatic rings. The molecule has 0 radical (unpaired) electrons. The number of hydrogen-bond acceptors (Lipinski definition) is 5. The minimum absolute atomic E-state index is 0.162. The monoisotopic (exact) mass is 300 g/mol. The number of carbonyl (C=O) groups excluding carboxylic acids is 1. The maximum Gasteiger partial charge on any atom is 0.254 e. The number of amides is 1. The van der Waals surface area contributed by atoms with Crippen LogP contribution in [0.15, 0.2) is 29.1 Å². The molecule has 0 spiro atoms. The zero-order chi connectivity index (χ0) is 15.4. The summed E-state index contributed by atoms with van der Waals surface area (Å²) in [5.74, 6) is 0.608. The number of nitrogens with one attached hydrogen (secondary N) is 1. The molecule has 1 fully saturated rings. The van der Waals surface area contributed by atoms with E-state index in [4.69, 9.17) is 4.42 Å². The van der Waals surface area contributed by atoms with E-state index < -0.39 is 0 Å². The zero-order valence-corrected chi connectivity index (χ0v) is 12.7. The van der Waals surface area contributed by atoms with Crippen LogP contribution >= 0.6 is 0 Å². The highest BCUT2D eigenvalue weighted by atomic mass is 16.3. The van der Waals surface area contributed by atoms with Gasteiger partial charge in [0.25, 0.3) is 5.91 Å². The van der Waals surface area contributed by atoms with Crippen molar-refractivity contribution < 1.29 is 9.21 Å². The third-order valence-electron chi connectivity index (χ3n) is 3.75. The van der Waals surface area contributed by atoms with E-state index in [0.29, 0.717) is 12.1 Å². The molecule has 1 amide bonds. The first-order valence-electron chi connectivity index (χ1n) is 7.62. The van der Waals surface area contributed by atoms with E-state index in [1.807, 2.05) is 13.0 Å². The molecular formula is C16H20N4O2. The summed E-state index contributed by atoms with van der Waals surface area (Å²) in [4.78, 5) is 23.3. The lowest BCUT2D eigenvalue weighted by atomic mass is 10.1. The first-order chi connectivity index (χ1) is 10.7. The Bertz CT molecular complexity index is 634. The Morgan fingerprint density at radius 3 is 2.86 bits per heavy atom. The molecule has 1 N–H and O–H groups in total. The Balaban J connectivity index is 1.68. The average Bonchev–Trinajstić information content (AvgIpc) is 3.07. The number of aryl methyl sites for hydroxylation is 1. The molecule has 116 valence electrons. The van der Waals surface area contributed by atoms with Crippen molar-refractivity contribution in [2.45, 2.75) is 32.7 Å². The molecule has 3 rings (SSSR count). The van der Waals surface area contributed by atoms with Gasteiger partial charge in [-0.1, -0.05) is 0 Å². The second kappa shape index (κ2) is 6.60. The lowest BCUT2D eigenvalue weighted by molar-refractivity contribution is 0.0949. The van der Waals surface area contributed by atoms with E-state index in [-0.39, 0.29) is 5.91 Å². The van der Waals surface area contributed by atoms with E-state index in [1.54, 1.807) is 6.07 Å². The van der Waals surface area contributed by atoms with Crippen molar-refractivity contribution >= 4 is 11.9 Å². The molecule has 0 aliphatic carbocycles.